The van der Waals surface area contributed by atoms with Gasteiger partial charge in [0.05, 0.1) is 0 Å². The number of anilines is 1. The van der Waals surface area contributed by atoms with Gasteiger partial charge in [-0.05, 0) is 55.7 Å². The zero-order valence-corrected chi connectivity index (χ0v) is 13.9. The molecule has 2 heterocycles. The molecule has 0 unspecified atom stereocenters. The van der Waals surface area contributed by atoms with Crippen molar-refractivity contribution in [2.24, 2.45) is 5.92 Å². The maximum Gasteiger partial charge on any atom is 0.129 e. The van der Waals surface area contributed by atoms with Gasteiger partial charge in [-0.2, -0.15) is 0 Å². The molecule has 0 N–H and O–H groups in total. The molecule has 2 nitrogen and oxygen atoms in total. The molecule has 0 amide bonds. The van der Waals surface area contributed by atoms with Crippen LogP contribution in [0.4, 0.5) is 5.82 Å². The van der Waals surface area contributed by atoms with E-state index in [-0.39, 0.29) is 0 Å². The predicted octanol–water partition coefficient (Wildman–Crippen LogP) is 4.93. The highest BCUT2D eigenvalue weighted by atomic mass is 35.5. The van der Waals surface area contributed by atoms with Crippen molar-refractivity contribution in [3.8, 4) is 0 Å². The first kappa shape index (κ1) is 15.1. The number of alkyl halides is 1. The predicted molar refractivity (Wildman–Crippen MR) is 90.1 cm³/mol. The number of aromatic nitrogens is 1. The summed E-state index contributed by atoms with van der Waals surface area (Å²) in [5.41, 5.74) is 2.44. The zero-order valence-electron chi connectivity index (χ0n) is 13.2. The number of fused-ring (bicyclic) bond motifs is 1. The van der Waals surface area contributed by atoms with Crippen LogP contribution in [0, 0.1) is 5.92 Å². The minimum atomic E-state index is 0.591. The van der Waals surface area contributed by atoms with Crippen LogP contribution in [0.1, 0.15) is 63.1 Å². The third kappa shape index (κ3) is 3.36. The molecule has 116 valence electrons. The lowest BCUT2D eigenvalue weighted by atomic mass is 9.78. The van der Waals surface area contributed by atoms with E-state index in [0.717, 1.165) is 24.8 Å². The molecule has 1 aromatic heterocycles. The second kappa shape index (κ2) is 7.00. The van der Waals surface area contributed by atoms with Crippen LogP contribution in [-0.4, -0.2) is 17.6 Å². The minimum absolute atomic E-state index is 0.591. The monoisotopic (exact) mass is 306 g/mol. The molecule has 3 rings (SSSR count). The Balaban J connectivity index is 1.88. The Hall–Kier alpha value is -0.760. The normalized spacial score (nSPS) is 25.7. The van der Waals surface area contributed by atoms with Crippen molar-refractivity contribution in [2.75, 3.05) is 11.4 Å². The molecule has 0 aromatic carbocycles. The van der Waals surface area contributed by atoms with Crippen LogP contribution >= 0.6 is 11.6 Å². The Morgan fingerprint density at radius 2 is 2.00 bits per heavy atom. The van der Waals surface area contributed by atoms with Crippen molar-refractivity contribution in [1.82, 2.24) is 4.98 Å². The molecule has 1 aromatic rings. The average Bonchev–Trinajstić information content (AvgIpc) is 2.54. The fourth-order valence-corrected chi connectivity index (χ4v) is 4.31. The molecule has 1 saturated carbocycles. The van der Waals surface area contributed by atoms with Gasteiger partial charge in [0.25, 0.3) is 0 Å². The van der Waals surface area contributed by atoms with Crippen molar-refractivity contribution in [3.63, 3.8) is 0 Å². The molecule has 1 aliphatic carbocycles. The molecular weight excluding hydrogens is 280 g/mol. The molecule has 0 bridgehead atoms. The summed E-state index contributed by atoms with van der Waals surface area (Å²) >= 11 is 6.10. The van der Waals surface area contributed by atoms with E-state index in [2.05, 4.69) is 24.0 Å². The van der Waals surface area contributed by atoms with E-state index >= 15 is 0 Å². The van der Waals surface area contributed by atoms with Gasteiger partial charge >= 0.3 is 0 Å². The van der Waals surface area contributed by atoms with Gasteiger partial charge in [-0.15, -0.1) is 11.6 Å². The first-order valence-electron chi connectivity index (χ1n) is 8.64. The smallest absolute Gasteiger partial charge is 0.129 e. The number of rotatable bonds is 4. The Kier molecular flexibility index (Phi) is 5.05. The van der Waals surface area contributed by atoms with Crippen LogP contribution < -0.4 is 4.90 Å². The van der Waals surface area contributed by atoms with Gasteiger partial charge < -0.3 is 4.90 Å². The molecule has 0 spiro atoms. The lowest BCUT2D eigenvalue weighted by molar-refractivity contribution is 0.242. The topological polar surface area (TPSA) is 16.1 Å². The van der Waals surface area contributed by atoms with E-state index < -0.39 is 0 Å². The number of hydrogen-bond donors (Lipinski definition) is 0. The fourth-order valence-electron chi connectivity index (χ4n) is 4.15. The number of pyridine rings is 1. The summed E-state index contributed by atoms with van der Waals surface area (Å²) in [6.45, 7) is 3.39. The maximum atomic E-state index is 6.10. The summed E-state index contributed by atoms with van der Waals surface area (Å²) in [6, 6.07) is 5.13. The van der Waals surface area contributed by atoms with E-state index in [1.54, 1.807) is 0 Å². The van der Waals surface area contributed by atoms with Crippen molar-refractivity contribution in [3.05, 3.63) is 23.4 Å². The van der Waals surface area contributed by atoms with Crippen molar-refractivity contribution in [2.45, 2.75) is 70.2 Å². The van der Waals surface area contributed by atoms with Crippen molar-refractivity contribution in [1.29, 1.82) is 0 Å². The molecule has 3 heteroatoms. The third-order valence-electron chi connectivity index (χ3n) is 5.12. The van der Waals surface area contributed by atoms with Gasteiger partial charge in [-0.25, -0.2) is 4.98 Å². The van der Waals surface area contributed by atoms with Crippen LogP contribution in [0.15, 0.2) is 12.1 Å². The van der Waals surface area contributed by atoms with E-state index in [9.17, 15) is 0 Å². The van der Waals surface area contributed by atoms with E-state index in [4.69, 9.17) is 16.6 Å². The highest BCUT2D eigenvalue weighted by Gasteiger charge is 2.33. The third-order valence-corrected chi connectivity index (χ3v) is 5.43. The molecule has 2 atom stereocenters. The highest BCUT2D eigenvalue weighted by Crippen LogP contribution is 2.37. The van der Waals surface area contributed by atoms with Gasteiger partial charge in [-0.3, -0.25) is 0 Å². The fraction of sp³-hybridized carbons (Fsp3) is 0.722. The Labute approximate surface area is 133 Å². The summed E-state index contributed by atoms with van der Waals surface area (Å²) < 4.78 is 0. The Bertz CT molecular complexity index is 472. The summed E-state index contributed by atoms with van der Waals surface area (Å²) in [5.74, 6) is 2.67. The molecule has 1 aliphatic heterocycles. The summed E-state index contributed by atoms with van der Waals surface area (Å²) in [6.07, 6.45) is 10.5. The second-order valence-electron chi connectivity index (χ2n) is 6.66. The summed E-state index contributed by atoms with van der Waals surface area (Å²) in [7, 11) is 0. The van der Waals surface area contributed by atoms with Gasteiger partial charge in [0, 0.05) is 24.2 Å². The number of halogens is 1. The zero-order chi connectivity index (χ0) is 14.7. The standard InChI is InChI=1S/C18H27ClN2/c1-2-6-16-11-14(13-19)12-18(20-16)21-10-5-8-15-7-3-4-9-17(15)21/h11-12,15,17H,2-10,13H2,1H3/t15-,17-/m1/s1. The Morgan fingerprint density at radius 3 is 2.81 bits per heavy atom. The molecule has 2 fully saturated rings. The van der Waals surface area contributed by atoms with Gasteiger partial charge in [0.15, 0.2) is 0 Å². The maximum absolute atomic E-state index is 6.10. The highest BCUT2D eigenvalue weighted by molar-refractivity contribution is 6.17. The molecule has 0 radical (unpaired) electrons. The largest absolute Gasteiger partial charge is 0.353 e. The van der Waals surface area contributed by atoms with Crippen LogP contribution in [0.3, 0.4) is 0 Å². The average molecular weight is 307 g/mol. The number of hydrogen-bond acceptors (Lipinski definition) is 2. The van der Waals surface area contributed by atoms with Crippen LogP contribution in [-0.2, 0) is 12.3 Å². The van der Waals surface area contributed by atoms with Gasteiger partial charge in [0.1, 0.15) is 5.82 Å². The van der Waals surface area contributed by atoms with Gasteiger partial charge in [0.2, 0.25) is 0 Å². The lowest BCUT2D eigenvalue weighted by Crippen LogP contribution is -2.47. The molecule has 1 saturated heterocycles. The summed E-state index contributed by atoms with van der Waals surface area (Å²) in [5, 5.41) is 0. The van der Waals surface area contributed by atoms with Gasteiger partial charge in [-0.1, -0.05) is 26.2 Å². The first-order chi connectivity index (χ1) is 10.3. The number of nitrogens with zero attached hydrogens (tertiary/aromatic N) is 2. The van der Waals surface area contributed by atoms with E-state index in [0.29, 0.717) is 5.88 Å². The molecule has 21 heavy (non-hydrogen) atoms. The number of piperidine rings is 1. The van der Waals surface area contributed by atoms with E-state index in [1.807, 2.05) is 0 Å². The van der Waals surface area contributed by atoms with E-state index in [1.165, 1.54) is 62.1 Å². The van der Waals surface area contributed by atoms with Crippen LogP contribution in [0.2, 0.25) is 0 Å². The first-order valence-corrected chi connectivity index (χ1v) is 9.17. The lowest BCUT2D eigenvalue weighted by Gasteiger charge is -2.45. The summed E-state index contributed by atoms with van der Waals surface area (Å²) in [4.78, 5) is 7.55. The van der Waals surface area contributed by atoms with Crippen LogP contribution in [0.25, 0.3) is 0 Å². The second-order valence-corrected chi connectivity index (χ2v) is 6.92. The molecular formula is C18H27ClN2. The minimum Gasteiger partial charge on any atom is -0.353 e. The Morgan fingerprint density at radius 1 is 1.19 bits per heavy atom. The SMILES string of the molecule is CCCc1cc(CCl)cc(N2CCC[C@H]3CCCC[C@H]32)n1. The van der Waals surface area contributed by atoms with Crippen LogP contribution in [0.5, 0.6) is 0 Å². The quantitative estimate of drug-likeness (QED) is 0.733. The van der Waals surface area contributed by atoms with Crippen molar-refractivity contribution >= 4 is 17.4 Å². The number of aryl methyl sites for hydroxylation is 1. The molecule has 2 aliphatic rings. The van der Waals surface area contributed by atoms with Crippen molar-refractivity contribution < 1.29 is 0 Å².